The van der Waals surface area contributed by atoms with Crippen LogP contribution in [-0.4, -0.2) is 34.8 Å². The minimum absolute atomic E-state index is 0.0285. The van der Waals surface area contributed by atoms with E-state index < -0.39 is 27.3 Å². The smallest absolute Gasteiger partial charge is 0.339 e. The second-order valence-electron chi connectivity index (χ2n) is 4.00. The number of H-pyrrole nitrogens is 1. The number of phenols is 1. The molecule has 9 heteroatoms. The number of nitrogens with zero attached hydrogens (tertiary/aromatic N) is 1. The maximum atomic E-state index is 12.1. The molecule has 20 heavy (non-hydrogen) atoms. The molecule has 0 aliphatic rings. The first-order chi connectivity index (χ1) is 9.31. The zero-order chi connectivity index (χ0) is 14.9. The lowest BCUT2D eigenvalue weighted by atomic mass is 10.2. The number of aromatic hydroxyl groups is 1. The van der Waals surface area contributed by atoms with E-state index in [1.807, 2.05) is 0 Å². The van der Waals surface area contributed by atoms with Gasteiger partial charge in [0.1, 0.15) is 16.2 Å². The Morgan fingerprint density at radius 1 is 1.40 bits per heavy atom. The van der Waals surface area contributed by atoms with Gasteiger partial charge in [0.05, 0.1) is 11.9 Å². The number of hydrogen-bond donors (Lipinski definition) is 4. The summed E-state index contributed by atoms with van der Waals surface area (Å²) in [5.74, 6) is -1.80. The molecule has 0 atom stereocenters. The van der Waals surface area contributed by atoms with Gasteiger partial charge >= 0.3 is 5.97 Å². The van der Waals surface area contributed by atoms with Crippen molar-refractivity contribution in [3.05, 3.63) is 35.7 Å². The molecule has 2 rings (SSSR count). The van der Waals surface area contributed by atoms with E-state index in [1.165, 1.54) is 6.07 Å². The standard InChI is InChI=1S/C11H11N3O5S/c1-6-10(5-12-13-6)20(18,19)14-7-2-3-9(15)8(4-7)11(16)17/h2-5,14-15H,1H3,(H,12,13)(H,16,17). The predicted molar refractivity (Wildman–Crippen MR) is 69.2 cm³/mol. The fourth-order valence-electron chi connectivity index (χ4n) is 1.59. The number of benzene rings is 1. The van der Waals surface area contributed by atoms with Gasteiger partial charge in [0.15, 0.2) is 0 Å². The van der Waals surface area contributed by atoms with Crippen LogP contribution >= 0.6 is 0 Å². The number of hydrogen-bond acceptors (Lipinski definition) is 5. The third kappa shape index (κ3) is 2.57. The highest BCUT2D eigenvalue weighted by Crippen LogP contribution is 2.24. The minimum Gasteiger partial charge on any atom is -0.507 e. The highest BCUT2D eigenvalue weighted by Gasteiger charge is 2.20. The summed E-state index contributed by atoms with van der Waals surface area (Å²) >= 11 is 0. The van der Waals surface area contributed by atoms with Crippen LogP contribution in [0.1, 0.15) is 16.1 Å². The minimum atomic E-state index is -3.87. The summed E-state index contributed by atoms with van der Waals surface area (Å²) in [5.41, 5.74) is -0.00958. The quantitative estimate of drug-likeness (QED) is 0.620. The summed E-state index contributed by atoms with van der Waals surface area (Å²) in [6, 6.07) is 3.39. The van der Waals surface area contributed by atoms with Crippen LogP contribution in [-0.2, 0) is 10.0 Å². The van der Waals surface area contributed by atoms with Crippen molar-refractivity contribution < 1.29 is 23.4 Å². The number of carboxylic acids is 1. The van der Waals surface area contributed by atoms with Gasteiger partial charge < -0.3 is 10.2 Å². The second kappa shape index (κ2) is 4.85. The average Bonchev–Trinajstić information content (AvgIpc) is 2.78. The second-order valence-corrected chi connectivity index (χ2v) is 5.65. The summed E-state index contributed by atoms with van der Waals surface area (Å²) in [4.78, 5) is 10.8. The van der Waals surface area contributed by atoms with Crippen LogP contribution in [0.2, 0.25) is 0 Å². The van der Waals surface area contributed by atoms with Crippen LogP contribution in [0, 0.1) is 6.92 Å². The predicted octanol–water partition coefficient (Wildman–Crippen LogP) is 0.923. The summed E-state index contributed by atoms with van der Waals surface area (Å²) in [6.45, 7) is 1.54. The van der Waals surface area contributed by atoms with Crippen molar-refractivity contribution in [3.63, 3.8) is 0 Å². The highest BCUT2D eigenvalue weighted by molar-refractivity contribution is 7.92. The summed E-state index contributed by atoms with van der Waals surface area (Å²) in [5, 5.41) is 24.3. The molecule has 4 N–H and O–H groups in total. The molecule has 0 aliphatic heterocycles. The molecule has 0 spiro atoms. The van der Waals surface area contributed by atoms with Crippen LogP contribution in [0.25, 0.3) is 0 Å². The Bertz CT molecular complexity index is 766. The molecule has 1 heterocycles. The Morgan fingerprint density at radius 2 is 2.10 bits per heavy atom. The van der Waals surface area contributed by atoms with Crippen molar-refractivity contribution in [2.75, 3.05) is 4.72 Å². The third-order valence-corrected chi connectivity index (χ3v) is 4.05. The number of aromatic carboxylic acids is 1. The van der Waals surface area contributed by atoms with Crippen molar-refractivity contribution in [1.29, 1.82) is 0 Å². The number of carboxylic acid groups (broad SMARTS) is 1. The Labute approximate surface area is 114 Å². The molecule has 106 valence electrons. The lowest BCUT2D eigenvalue weighted by Crippen LogP contribution is -2.13. The third-order valence-electron chi connectivity index (χ3n) is 2.55. The van der Waals surface area contributed by atoms with E-state index >= 15 is 0 Å². The van der Waals surface area contributed by atoms with Crippen LogP contribution in [0.4, 0.5) is 5.69 Å². The van der Waals surface area contributed by atoms with Gasteiger partial charge in [-0.05, 0) is 25.1 Å². The van der Waals surface area contributed by atoms with Gasteiger partial charge in [-0.15, -0.1) is 0 Å². The Hall–Kier alpha value is -2.55. The van der Waals surface area contributed by atoms with Crippen LogP contribution in [0.15, 0.2) is 29.3 Å². The van der Waals surface area contributed by atoms with E-state index in [0.29, 0.717) is 5.69 Å². The zero-order valence-corrected chi connectivity index (χ0v) is 11.1. The first kappa shape index (κ1) is 13.9. The highest BCUT2D eigenvalue weighted by atomic mass is 32.2. The number of aryl methyl sites for hydroxylation is 1. The number of nitrogens with one attached hydrogen (secondary N) is 2. The molecule has 0 amide bonds. The number of aromatic nitrogens is 2. The molecule has 0 saturated heterocycles. The molecule has 1 aromatic heterocycles. The van der Waals surface area contributed by atoms with E-state index in [4.69, 9.17) is 5.11 Å². The first-order valence-electron chi connectivity index (χ1n) is 5.40. The number of carbonyl (C=O) groups is 1. The van der Waals surface area contributed by atoms with Gasteiger partial charge in [-0.3, -0.25) is 9.82 Å². The summed E-state index contributed by atoms with van der Waals surface area (Å²) in [6.07, 6.45) is 1.15. The SMILES string of the molecule is Cc1[nH]ncc1S(=O)(=O)Nc1ccc(O)c(C(=O)O)c1. The van der Waals surface area contributed by atoms with Gasteiger partial charge in [0, 0.05) is 5.69 Å². The molecule has 0 saturated carbocycles. The maximum Gasteiger partial charge on any atom is 0.339 e. The van der Waals surface area contributed by atoms with E-state index in [0.717, 1.165) is 18.3 Å². The number of rotatable bonds is 4. The molecule has 8 nitrogen and oxygen atoms in total. The molecule has 1 aromatic carbocycles. The number of aromatic amines is 1. The van der Waals surface area contributed by atoms with Crippen molar-refractivity contribution >= 4 is 21.7 Å². The molecule has 2 aromatic rings. The Balaban J connectivity index is 2.38. The topological polar surface area (TPSA) is 132 Å². The van der Waals surface area contributed by atoms with Gasteiger partial charge in [-0.2, -0.15) is 5.10 Å². The normalized spacial score (nSPS) is 11.2. The largest absolute Gasteiger partial charge is 0.507 e. The van der Waals surface area contributed by atoms with E-state index in [-0.39, 0.29) is 10.6 Å². The van der Waals surface area contributed by atoms with Gasteiger partial charge in [-0.1, -0.05) is 0 Å². The zero-order valence-electron chi connectivity index (χ0n) is 10.3. The maximum absolute atomic E-state index is 12.1. The molecule has 0 radical (unpaired) electrons. The van der Waals surface area contributed by atoms with Crippen molar-refractivity contribution in [3.8, 4) is 5.75 Å². The van der Waals surface area contributed by atoms with E-state index in [2.05, 4.69) is 14.9 Å². The number of anilines is 1. The Morgan fingerprint density at radius 3 is 2.65 bits per heavy atom. The van der Waals surface area contributed by atoms with Crippen LogP contribution in [0.3, 0.4) is 0 Å². The Kier molecular flexibility index (Phi) is 3.36. The molecular weight excluding hydrogens is 286 g/mol. The molecule has 0 unspecified atom stereocenters. The van der Waals surface area contributed by atoms with E-state index in [9.17, 15) is 18.3 Å². The summed E-state index contributed by atoms with van der Waals surface area (Å²) in [7, 11) is -3.87. The van der Waals surface area contributed by atoms with Crippen LogP contribution < -0.4 is 4.72 Å². The van der Waals surface area contributed by atoms with Crippen molar-refractivity contribution in [1.82, 2.24) is 10.2 Å². The summed E-state index contributed by atoms with van der Waals surface area (Å²) < 4.78 is 26.4. The molecule has 0 fully saturated rings. The fraction of sp³-hybridized carbons (Fsp3) is 0.0909. The van der Waals surface area contributed by atoms with E-state index in [1.54, 1.807) is 6.92 Å². The monoisotopic (exact) mass is 297 g/mol. The van der Waals surface area contributed by atoms with Gasteiger partial charge in [-0.25, -0.2) is 13.2 Å². The lowest BCUT2D eigenvalue weighted by molar-refractivity contribution is 0.0694. The molecular formula is C11H11N3O5S. The average molecular weight is 297 g/mol. The molecule has 0 bridgehead atoms. The first-order valence-corrected chi connectivity index (χ1v) is 6.88. The van der Waals surface area contributed by atoms with Crippen molar-refractivity contribution in [2.24, 2.45) is 0 Å². The lowest BCUT2D eigenvalue weighted by Gasteiger charge is -2.08. The van der Waals surface area contributed by atoms with Gasteiger partial charge in [0.25, 0.3) is 10.0 Å². The van der Waals surface area contributed by atoms with Gasteiger partial charge in [0.2, 0.25) is 0 Å². The number of sulfonamides is 1. The molecule has 0 aliphatic carbocycles. The van der Waals surface area contributed by atoms with Crippen LogP contribution in [0.5, 0.6) is 5.75 Å². The van der Waals surface area contributed by atoms with Crippen molar-refractivity contribution in [2.45, 2.75) is 11.8 Å². The fourth-order valence-corrected chi connectivity index (χ4v) is 2.78.